The molecule has 0 unspecified atom stereocenters. The van der Waals surface area contributed by atoms with Crippen molar-refractivity contribution >= 4 is 23.7 Å². The highest BCUT2D eigenvalue weighted by molar-refractivity contribution is 6.11. The third kappa shape index (κ3) is 2.89. The normalized spacial score (nSPS) is 15.3. The largest absolute Gasteiger partial charge is 0.329 e. The van der Waals surface area contributed by atoms with Crippen LogP contribution in [0.5, 0.6) is 0 Å². The molecule has 0 aromatic rings. The Morgan fingerprint density at radius 2 is 2.00 bits per heavy atom. The first kappa shape index (κ1) is 8.19. The van der Waals surface area contributed by atoms with Gasteiger partial charge in [0.2, 0.25) is 5.91 Å². The van der Waals surface area contributed by atoms with Gasteiger partial charge in [-0.25, -0.2) is 10.0 Å². The lowest BCUT2D eigenvalue weighted by atomic mass is 10.7. The summed E-state index contributed by atoms with van der Waals surface area (Å²) in [4.78, 5) is 20.1. The number of halogens is 1. The average molecular weight is 152 g/mol. The minimum Gasteiger partial charge on any atom is -0.329 e. The van der Waals surface area contributed by atoms with E-state index in [9.17, 15) is 9.59 Å². The van der Waals surface area contributed by atoms with Gasteiger partial charge in [0.15, 0.2) is 0 Å². The molecule has 1 heterocycles. The van der Waals surface area contributed by atoms with Crippen molar-refractivity contribution in [3.8, 4) is 0 Å². The van der Waals surface area contributed by atoms with Crippen LogP contribution in [0.3, 0.4) is 0 Å². The molecule has 0 bridgehead atoms. The lowest BCUT2D eigenvalue weighted by molar-refractivity contribution is -0.117. The predicted molar refractivity (Wildman–Crippen MR) is 31.6 cm³/mol. The minimum absolute atomic E-state index is 0.124. The summed E-state index contributed by atoms with van der Waals surface area (Å²) >= 11 is 4.14. The lowest BCUT2D eigenvalue weighted by Gasteiger charge is -1.78. The molecule has 1 rings (SSSR count). The van der Waals surface area contributed by atoms with Crippen molar-refractivity contribution in [2.45, 2.75) is 0 Å². The summed E-state index contributed by atoms with van der Waals surface area (Å²) in [6.07, 6.45) is 0. The van der Waals surface area contributed by atoms with Crippen molar-refractivity contribution < 1.29 is 9.59 Å². The number of nitrogens with one attached hydrogen (secondary N) is 2. The summed E-state index contributed by atoms with van der Waals surface area (Å²) in [6, 6.07) is -0.398. The topological polar surface area (TPSA) is 84.2 Å². The zero-order chi connectivity index (χ0) is 7.28. The summed E-state index contributed by atoms with van der Waals surface area (Å²) < 4.78 is 0. The second kappa shape index (κ2) is 4.11. The summed E-state index contributed by atoms with van der Waals surface area (Å²) in [5, 5.41) is 8.27. The van der Waals surface area contributed by atoms with Crippen LogP contribution in [-0.2, 0) is 4.79 Å². The number of imide groups is 1. The molecule has 0 atom stereocenters. The van der Waals surface area contributed by atoms with Crippen molar-refractivity contribution in [1.82, 2.24) is 10.6 Å². The molecule has 1 aliphatic heterocycles. The van der Waals surface area contributed by atoms with E-state index in [1.807, 2.05) is 5.32 Å². The fourth-order valence-corrected chi connectivity index (χ4v) is 0.376. The Balaban J connectivity index is 0.000000291. The van der Waals surface area contributed by atoms with Gasteiger partial charge in [-0.05, 0) is 11.8 Å². The van der Waals surface area contributed by atoms with Crippen molar-refractivity contribution in [3.63, 3.8) is 0 Å². The van der Waals surface area contributed by atoms with Crippen molar-refractivity contribution in [2.75, 3.05) is 6.54 Å². The Morgan fingerprint density at radius 3 is 2.11 bits per heavy atom. The molecule has 1 saturated heterocycles. The van der Waals surface area contributed by atoms with E-state index in [1.165, 1.54) is 0 Å². The Hall–Kier alpha value is -0.810. The summed E-state index contributed by atoms with van der Waals surface area (Å²) in [5.74, 6) is -0.259. The minimum atomic E-state index is -0.398. The van der Waals surface area contributed by atoms with E-state index in [0.29, 0.717) is 0 Å². The summed E-state index contributed by atoms with van der Waals surface area (Å²) in [5.41, 5.74) is 0. The molecule has 0 aliphatic carbocycles. The van der Waals surface area contributed by atoms with Gasteiger partial charge in [0, 0.05) is 0 Å². The number of hydrogen-bond donors (Lipinski definition) is 3. The highest BCUT2D eigenvalue weighted by Gasteiger charge is 2.14. The first-order valence-corrected chi connectivity index (χ1v) is 2.52. The van der Waals surface area contributed by atoms with Gasteiger partial charge in [-0.3, -0.25) is 10.1 Å². The van der Waals surface area contributed by atoms with Gasteiger partial charge in [-0.15, -0.1) is 0 Å². The molecule has 0 spiro atoms. The smallest absolute Gasteiger partial charge is 0.321 e. The highest BCUT2D eigenvalue weighted by Crippen LogP contribution is 1.73. The van der Waals surface area contributed by atoms with E-state index in [1.54, 1.807) is 0 Å². The van der Waals surface area contributed by atoms with Gasteiger partial charge < -0.3 is 5.32 Å². The van der Waals surface area contributed by atoms with Gasteiger partial charge in [-0.1, -0.05) is 0 Å². The lowest BCUT2D eigenvalue weighted by Crippen LogP contribution is -2.22. The SMILES string of the molecule is NCl.O=C1CNC(=O)N1. The summed E-state index contributed by atoms with van der Waals surface area (Å²) in [6.45, 7) is 0.124. The molecule has 0 radical (unpaired) electrons. The van der Waals surface area contributed by atoms with Gasteiger partial charge >= 0.3 is 6.03 Å². The van der Waals surface area contributed by atoms with Gasteiger partial charge in [0.1, 0.15) is 0 Å². The Labute approximate surface area is 56.6 Å². The standard InChI is InChI=1S/C3H4N2O2.ClH2N/c6-2-1-4-3(7)5-2;1-2/h1H2,(H2,4,5,6,7);2H2. The van der Waals surface area contributed by atoms with Crippen molar-refractivity contribution in [1.29, 1.82) is 0 Å². The van der Waals surface area contributed by atoms with Gasteiger partial charge in [0.05, 0.1) is 6.54 Å². The van der Waals surface area contributed by atoms with E-state index in [4.69, 9.17) is 0 Å². The third-order valence-corrected chi connectivity index (χ3v) is 0.662. The number of carbonyl (C=O) groups is 2. The second-order valence-corrected chi connectivity index (χ2v) is 1.23. The fraction of sp³-hybridized carbons (Fsp3) is 0.333. The van der Waals surface area contributed by atoms with Gasteiger partial charge in [-0.2, -0.15) is 0 Å². The van der Waals surface area contributed by atoms with Gasteiger partial charge in [0.25, 0.3) is 0 Å². The van der Waals surface area contributed by atoms with Crippen molar-refractivity contribution in [3.05, 3.63) is 0 Å². The van der Waals surface area contributed by atoms with E-state index in [2.05, 4.69) is 22.3 Å². The number of rotatable bonds is 0. The molecule has 0 saturated carbocycles. The maximum Gasteiger partial charge on any atom is 0.321 e. The Bertz CT molecular complexity index is 112. The first-order valence-electron chi connectivity index (χ1n) is 2.08. The zero-order valence-electron chi connectivity index (χ0n) is 4.48. The molecule has 0 aromatic carbocycles. The monoisotopic (exact) mass is 151 g/mol. The maximum absolute atomic E-state index is 10.1. The quantitative estimate of drug-likeness (QED) is 0.304. The van der Waals surface area contributed by atoms with Crippen molar-refractivity contribution in [2.24, 2.45) is 5.25 Å². The molecule has 6 heteroatoms. The summed E-state index contributed by atoms with van der Waals surface area (Å²) in [7, 11) is 0. The van der Waals surface area contributed by atoms with Crippen LogP contribution in [0.25, 0.3) is 0 Å². The molecule has 4 N–H and O–H groups in total. The van der Waals surface area contributed by atoms with Crippen LogP contribution in [0.15, 0.2) is 0 Å². The zero-order valence-corrected chi connectivity index (χ0v) is 5.23. The van der Waals surface area contributed by atoms with E-state index < -0.39 is 6.03 Å². The fourth-order valence-electron chi connectivity index (χ4n) is 0.376. The molecule has 1 fully saturated rings. The molecule has 0 aromatic heterocycles. The van der Waals surface area contributed by atoms with Crippen LogP contribution < -0.4 is 15.9 Å². The third-order valence-electron chi connectivity index (χ3n) is 0.662. The van der Waals surface area contributed by atoms with Crippen LogP contribution in [0.1, 0.15) is 0 Å². The first-order chi connectivity index (χ1) is 4.29. The van der Waals surface area contributed by atoms with E-state index >= 15 is 0 Å². The molecule has 52 valence electrons. The van der Waals surface area contributed by atoms with E-state index in [0.717, 1.165) is 0 Å². The Morgan fingerprint density at radius 1 is 1.44 bits per heavy atom. The van der Waals surface area contributed by atoms with Crippen LogP contribution in [-0.4, -0.2) is 18.5 Å². The molecule has 3 amide bonds. The van der Waals surface area contributed by atoms with Crippen LogP contribution >= 0.6 is 11.8 Å². The molecule has 1 aliphatic rings. The highest BCUT2D eigenvalue weighted by atomic mass is 35.5. The van der Waals surface area contributed by atoms with Crippen LogP contribution in [0.4, 0.5) is 4.79 Å². The Kier molecular flexibility index (Phi) is 3.74. The van der Waals surface area contributed by atoms with E-state index in [-0.39, 0.29) is 12.5 Å². The van der Waals surface area contributed by atoms with Crippen LogP contribution in [0, 0.1) is 0 Å². The number of hydrogen-bond acceptors (Lipinski definition) is 3. The predicted octanol–water partition coefficient (Wildman–Crippen LogP) is -1.08. The molecule has 5 nitrogen and oxygen atoms in total. The molecule has 9 heavy (non-hydrogen) atoms. The second-order valence-electron chi connectivity index (χ2n) is 1.23. The number of amides is 3. The number of nitrogens with two attached hydrogens (primary N) is 1. The maximum atomic E-state index is 10.1. The molecular weight excluding hydrogens is 146 g/mol. The van der Waals surface area contributed by atoms with Crippen LogP contribution in [0.2, 0.25) is 0 Å². The number of carbonyl (C=O) groups excluding carboxylic acids is 2. The average Bonchev–Trinajstić information content (AvgIpc) is 2.20. The molecular formula is C3H6ClN3O2. The number of urea groups is 1.